The Morgan fingerprint density at radius 1 is 0.800 bits per heavy atom. The van der Waals surface area contributed by atoms with Crippen LogP contribution in [-0.4, -0.2) is 0 Å². The lowest BCUT2D eigenvalue weighted by atomic mass is 10.2. The Labute approximate surface area is 60.2 Å². The van der Waals surface area contributed by atoms with E-state index in [1.807, 2.05) is 12.2 Å². The molecule has 10 heavy (non-hydrogen) atoms. The van der Waals surface area contributed by atoms with Crippen molar-refractivity contribution in [3.8, 4) is 0 Å². The average molecular weight is 134 g/mol. The van der Waals surface area contributed by atoms with Crippen molar-refractivity contribution in [3.05, 3.63) is 47.9 Å². The molecule has 0 aliphatic heterocycles. The maximum Gasteiger partial charge on any atom is 0.0314 e. The number of hydrogen-bond acceptors (Lipinski definition) is 2. The molecular weight excluding hydrogens is 124 g/mol. The quantitative estimate of drug-likeness (QED) is 0.514. The Bertz CT molecular complexity index is 206. The number of hydrogen-bond donors (Lipinski definition) is 2. The van der Waals surface area contributed by atoms with Crippen molar-refractivity contribution in [2.24, 2.45) is 11.5 Å². The highest BCUT2D eigenvalue weighted by atomic mass is 14.6. The van der Waals surface area contributed by atoms with Crippen molar-refractivity contribution in [2.75, 3.05) is 0 Å². The van der Waals surface area contributed by atoms with Crippen LogP contribution in [0.1, 0.15) is 0 Å². The van der Waals surface area contributed by atoms with Crippen molar-refractivity contribution in [3.63, 3.8) is 0 Å². The standard InChI is InChI=1S/C8H10N2/c9-7-3-1-4-8(10)6-2-5-7/h1-6H,9-10H2/b3-1-,4-1?,5-2?,6-2-,7-3?,7-5+,8-4+,8-6?. The van der Waals surface area contributed by atoms with Crippen LogP contribution in [0.3, 0.4) is 0 Å². The van der Waals surface area contributed by atoms with Crippen molar-refractivity contribution in [1.29, 1.82) is 0 Å². The first-order valence-corrected chi connectivity index (χ1v) is 3.07. The molecule has 0 saturated carbocycles. The molecule has 1 aliphatic carbocycles. The largest absolute Gasteiger partial charge is 0.399 e. The summed E-state index contributed by atoms with van der Waals surface area (Å²) in [6.07, 6.45) is 10.9. The van der Waals surface area contributed by atoms with E-state index in [1.165, 1.54) is 0 Å². The summed E-state index contributed by atoms with van der Waals surface area (Å²) in [6, 6.07) is 0. The number of nitrogens with two attached hydrogens (primary N) is 2. The van der Waals surface area contributed by atoms with Crippen molar-refractivity contribution >= 4 is 0 Å². The molecule has 0 heterocycles. The zero-order chi connectivity index (χ0) is 7.40. The first-order valence-electron chi connectivity index (χ1n) is 3.07. The van der Waals surface area contributed by atoms with Crippen LogP contribution in [0.15, 0.2) is 47.9 Å². The summed E-state index contributed by atoms with van der Waals surface area (Å²) in [6.45, 7) is 0. The Morgan fingerprint density at radius 2 is 1.20 bits per heavy atom. The fourth-order valence-corrected chi connectivity index (χ4v) is 0.652. The molecule has 2 nitrogen and oxygen atoms in total. The summed E-state index contributed by atoms with van der Waals surface area (Å²) in [4.78, 5) is 0. The first-order chi connectivity index (χ1) is 4.79. The maximum atomic E-state index is 5.50. The van der Waals surface area contributed by atoms with Crippen LogP contribution in [0.2, 0.25) is 0 Å². The Kier molecular flexibility index (Phi) is 1.95. The Morgan fingerprint density at radius 3 is 1.60 bits per heavy atom. The molecule has 0 fully saturated rings. The Hall–Kier alpha value is -1.44. The second-order valence-corrected chi connectivity index (χ2v) is 2.05. The topological polar surface area (TPSA) is 52.0 Å². The summed E-state index contributed by atoms with van der Waals surface area (Å²) in [5, 5.41) is 0. The highest BCUT2D eigenvalue weighted by Crippen LogP contribution is 1.96. The molecule has 0 aromatic carbocycles. The van der Waals surface area contributed by atoms with E-state index in [1.54, 1.807) is 24.3 Å². The Balaban J connectivity index is 2.84. The van der Waals surface area contributed by atoms with Gasteiger partial charge in [-0.1, -0.05) is 12.2 Å². The lowest BCUT2D eigenvalue weighted by Crippen LogP contribution is -1.95. The SMILES string of the molecule is NC1=C/C=C\C(N)=C/C=C\1. The van der Waals surface area contributed by atoms with E-state index in [4.69, 9.17) is 11.5 Å². The zero-order valence-electron chi connectivity index (χ0n) is 5.62. The molecule has 0 amide bonds. The van der Waals surface area contributed by atoms with Gasteiger partial charge >= 0.3 is 0 Å². The monoisotopic (exact) mass is 134 g/mol. The van der Waals surface area contributed by atoms with Gasteiger partial charge in [0.25, 0.3) is 0 Å². The minimum Gasteiger partial charge on any atom is -0.399 e. The van der Waals surface area contributed by atoms with Crippen LogP contribution >= 0.6 is 0 Å². The third kappa shape index (κ3) is 1.82. The van der Waals surface area contributed by atoms with Gasteiger partial charge in [-0.05, 0) is 24.3 Å². The molecule has 1 rings (SSSR count). The molecule has 0 bridgehead atoms. The number of rotatable bonds is 0. The van der Waals surface area contributed by atoms with Crippen LogP contribution in [-0.2, 0) is 0 Å². The van der Waals surface area contributed by atoms with E-state index in [-0.39, 0.29) is 0 Å². The van der Waals surface area contributed by atoms with Gasteiger partial charge in [0.05, 0.1) is 0 Å². The maximum absolute atomic E-state index is 5.50. The molecule has 0 unspecified atom stereocenters. The molecular formula is C8H10N2. The minimum absolute atomic E-state index is 0.736. The van der Waals surface area contributed by atoms with Gasteiger partial charge < -0.3 is 11.5 Å². The van der Waals surface area contributed by atoms with E-state index in [9.17, 15) is 0 Å². The molecule has 0 radical (unpaired) electrons. The molecule has 1 aliphatic rings. The van der Waals surface area contributed by atoms with Crippen LogP contribution in [0.4, 0.5) is 0 Å². The van der Waals surface area contributed by atoms with Crippen molar-refractivity contribution in [1.82, 2.24) is 0 Å². The van der Waals surface area contributed by atoms with E-state index >= 15 is 0 Å². The second-order valence-electron chi connectivity index (χ2n) is 2.05. The summed E-state index contributed by atoms with van der Waals surface area (Å²) in [5.74, 6) is 0. The molecule has 0 saturated heterocycles. The first kappa shape index (κ1) is 6.68. The minimum atomic E-state index is 0.736. The van der Waals surface area contributed by atoms with Gasteiger partial charge in [0.15, 0.2) is 0 Å². The lowest BCUT2D eigenvalue weighted by molar-refractivity contribution is 1.38. The van der Waals surface area contributed by atoms with E-state index < -0.39 is 0 Å². The third-order valence-electron chi connectivity index (χ3n) is 1.15. The van der Waals surface area contributed by atoms with Gasteiger partial charge in [-0.3, -0.25) is 0 Å². The predicted molar refractivity (Wildman–Crippen MR) is 42.8 cm³/mol. The summed E-state index contributed by atoms with van der Waals surface area (Å²) < 4.78 is 0. The van der Waals surface area contributed by atoms with Crippen LogP contribution in [0.5, 0.6) is 0 Å². The molecule has 0 spiro atoms. The van der Waals surface area contributed by atoms with Gasteiger partial charge in [-0.15, -0.1) is 0 Å². The molecule has 0 aromatic heterocycles. The normalized spacial score (nSPS) is 34.0. The smallest absolute Gasteiger partial charge is 0.0314 e. The lowest BCUT2D eigenvalue weighted by Gasteiger charge is -1.93. The number of allylic oxidation sites excluding steroid dienone is 6. The van der Waals surface area contributed by atoms with Gasteiger partial charge in [-0.25, -0.2) is 0 Å². The summed E-state index contributed by atoms with van der Waals surface area (Å²) in [7, 11) is 0. The third-order valence-corrected chi connectivity index (χ3v) is 1.15. The second kappa shape index (κ2) is 2.92. The zero-order valence-corrected chi connectivity index (χ0v) is 5.62. The fraction of sp³-hybridized carbons (Fsp3) is 0. The highest BCUT2D eigenvalue weighted by Gasteiger charge is 1.83. The van der Waals surface area contributed by atoms with Crippen LogP contribution in [0.25, 0.3) is 0 Å². The fourth-order valence-electron chi connectivity index (χ4n) is 0.652. The molecule has 2 heteroatoms. The van der Waals surface area contributed by atoms with Gasteiger partial charge in [0.2, 0.25) is 0 Å². The van der Waals surface area contributed by atoms with Crippen molar-refractivity contribution < 1.29 is 0 Å². The van der Waals surface area contributed by atoms with Crippen LogP contribution in [0, 0.1) is 0 Å². The van der Waals surface area contributed by atoms with E-state index in [2.05, 4.69) is 0 Å². The highest BCUT2D eigenvalue weighted by molar-refractivity contribution is 5.32. The van der Waals surface area contributed by atoms with Gasteiger partial charge in [0.1, 0.15) is 0 Å². The van der Waals surface area contributed by atoms with E-state index in [0.29, 0.717) is 0 Å². The van der Waals surface area contributed by atoms with Gasteiger partial charge in [-0.2, -0.15) is 0 Å². The van der Waals surface area contributed by atoms with Crippen molar-refractivity contribution in [2.45, 2.75) is 0 Å². The van der Waals surface area contributed by atoms with E-state index in [0.717, 1.165) is 11.4 Å². The molecule has 4 N–H and O–H groups in total. The summed E-state index contributed by atoms with van der Waals surface area (Å²) in [5.41, 5.74) is 12.5. The molecule has 0 aromatic rings. The molecule has 52 valence electrons. The summed E-state index contributed by atoms with van der Waals surface area (Å²) >= 11 is 0. The average Bonchev–Trinajstić information content (AvgIpc) is 1.84. The predicted octanol–water partition coefficient (Wildman–Crippen LogP) is 0.798. The van der Waals surface area contributed by atoms with Crippen LogP contribution < -0.4 is 11.5 Å². The van der Waals surface area contributed by atoms with Gasteiger partial charge in [0, 0.05) is 11.4 Å². The molecule has 0 atom stereocenters.